The Hall–Kier alpha value is -4.28. The van der Waals surface area contributed by atoms with Crippen molar-refractivity contribution in [2.24, 2.45) is 5.10 Å². The maximum atomic E-state index is 10.9. The summed E-state index contributed by atoms with van der Waals surface area (Å²) < 4.78 is 5.98. The largest absolute Gasteiger partial charge is 0.488 e. The van der Waals surface area contributed by atoms with E-state index >= 15 is 0 Å². The molecule has 11 heteroatoms. The molecule has 0 saturated carbocycles. The number of anilines is 3. The van der Waals surface area contributed by atoms with Gasteiger partial charge in [0.25, 0.3) is 5.69 Å². The summed E-state index contributed by atoms with van der Waals surface area (Å²) >= 11 is 0. The number of hydrogen-bond donors (Lipinski definition) is 1. The molecule has 11 nitrogen and oxygen atoms in total. The number of nitrogens with zero attached hydrogens (tertiary/aromatic N) is 7. The summed E-state index contributed by atoms with van der Waals surface area (Å²) in [5.41, 5.74) is 4.67. The number of non-ortho nitro benzene ring substituents is 1. The van der Waals surface area contributed by atoms with Crippen molar-refractivity contribution in [3.05, 3.63) is 69.8 Å². The van der Waals surface area contributed by atoms with Gasteiger partial charge in [-0.1, -0.05) is 12.1 Å². The van der Waals surface area contributed by atoms with Crippen molar-refractivity contribution in [2.75, 3.05) is 41.4 Å². The molecule has 3 heterocycles. The highest BCUT2D eigenvalue weighted by Gasteiger charge is 2.20. The topological polar surface area (TPSA) is 122 Å². The highest BCUT2D eigenvalue weighted by atomic mass is 16.6. The molecule has 0 aliphatic carbocycles. The summed E-state index contributed by atoms with van der Waals surface area (Å²) in [6.07, 6.45) is 8.72. The van der Waals surface area contributed by atoms with Gasteiger partial charge in [-0.3, -0.25) is 10.1 Å². The van der Waals surface area contributed by atoms with E-state index in [1.165, 1.54) is 25.0 Å². The third-order valence-electron chi connectivity index (χ3n) is 6.72. The third-order valence-corrected chi connectivity index (χ3v) is 6.72. The van der Waals surface area contributed by atoms with Gasteiger partial charge in [0.2, 0.25) is 17.8 Å². The molecule has 0 amide bonds. The number of aromatic nitrogens is 3. The number of rotatable bonds is 9. The van der Waals surface area contributed by atoms with E-state index in [4.69, 9.17) is 9.72 Å². The summed E-state index contributed by atoms with van der Waals surface area (Å²) in [7, 11) is 0. The maximum Gasteiger partial charge on any atom is 0.269 e. The minimum Gasteiger partial charge on any atom is -0.488 e. The Morgan fingerprint density at radius 1 is 0.868 bits per heavy atom. The summed E-state index contributed by atoms with van der Waals surface area (Å²) in [5, 5.41) is 15.3. The molecule has 0 atom stereocenters. The molecule has 198 valence electrons. The van der Waals surface area contributed by atoms with Crippen LogP contribution in [0.3, 0.4) is 0 Å². The average Bonchev–Trinajstić information content (AvgIpc) is 2.97. The van der Waals surface area contributed by atoms with Crippen molar-refractivity contribution in [3.8, 4) is 5.75 Å². The molecule has 2 aliphatic rings. The normalized spacial score (nSPS) is 16.0. The predicted molar refractivity (Wildman–Crippen MR) is 147 cm³/mol. The van der Waals surface area contributed by atoms with Gasteiger partial charge in [0.15, 0.2) is 0 Å². The minimum atomic E-state index is -0.416. The summed E-state index contributed by atoms with van der Waals surface area (Å²) in [4.78, 5) is 29.1. The molecule has 2 saturated heterocycles. The van der Waals surface area contributed by atoms with E-state index in [0.717, 1.165) is 63.0 Å². The number of para-hydroxylation sites is 1. The number of ether oxygens (including phenoxy) is 1. The molecular weight excluding hydrogens is 484 g/mol. The fourth-order valence-corrected chi connectivity index (χ4v) is 4.63. The molecule has 0 spiro atoms. The van der Waals surface area contributed by atoms with E-state index in [0.29, 0.717) is 23.6 Å². The molecule has 38 heavy (non-hydrogen) atoms. The zero-order chi connectivity index (χ0) is 26.2. The number of nitrogens with one attached hydrogen (secondary N) is 1. The highest BCUT2D eigenvalue weighted by Crippen LogP contribution is 2.23. The Kier molecular flexibility index (Phi) is 8.22. The molecule has 5 rings (SSSR count). The van der Waals surface area contributed by atoms with Crippen LogP contribution in [0.25, 0.3) is 0 Å². The number of nitro groups is 1. The van der Waals surface area contributed by atoms with E-state index < -0.39 is 4.92 Å². The van der Waals surface area contributed by atoms with Crippen molar-refractivity contribution < 1.29 is 9.66 Å². The molecule has 0 radical (unpaired) electrons. The number of benzene rings is 2. The SMILES string of the molecule is O=[N+]([O-])c1ccc(COc2ccccc2/C=N/Nc2nc(N3CCCCC3)nc(N3CCCCC3)n2)cc1. The van der Waals surface area contributed by atoms with Gasteiger partial charge in [-0.05, 0) is 68.4 Å². The second-order valence-corrected chi connectivity index (χ2v) is 9.47. The second kappa shape index (κ2) is 12.3. The van der Waals surface area contributed by atoms with Crippen molar-refractivity contribution >= 4 is 29.7 Å². The van der Waals surface area contributed by atoms with Crippen LogP contribution < -0.4 is 20.0 Å². The molecule has 0 bridgehead atoms. The molecule has 0 unspecified atom stereocenters. The lowest BCUT2D eigenvalue weighted by Crippen LogP contribution is -2.34. The van der Waals surface area contributed by atoms with Gasteiger partial charge >= 0.3 is 0 Å². The molecule has 1 aromatic heterocycles. The van der Waals surface area contributed by atoms with E-state index in [1.54, 1.807) is 18.3 Å². The lowest BCUT2D eigenvalue weighted by atomic mass is 10.1. The lowest BCUT2D eigenvalue weighted by molar-refractivity contribution is -0.384. The zero-order valence-electron chi connectivity index (χ0n) is 21.3. The molecular formula is C27H32N8O3. The standard InChI is InChI=1S/C27H32N8O3/c36-35(37)23-13-11-21(12-14-23)20-38-24-10-4-3-9-22(24)19-28-32-25-29-26(33-15-5-1-6-16-33)31-27(30-25)34-17-7-2-8-18-34/h3-4,9-14,19H,1-2,5-8,15-18,20H2,(H,29,30,31,32)/b28-19+. The van der Waals surface area contributed by atoms with Gasteiger partial charge in [0.05, 0.1) is 11.1 Å². The third kappa shape index (κ3) is 6.53. The summed E-state index contributed by atoms with van der Waals surface area (Å²) in [6, 6.07) is 13.9. The smallest absolute Gasteiger partial charge is 0.269 e. The first-order valence-corrected chi connectivity index (χ1v) is 13.2. The van der Waals surface area contributed by atoms with Crippen molar-refractivity contribution in [1.82, 2.24) is 15.0 Å². The first kappa shape index (κ1) is 25.4. The highest BCUT2D eigenvalue weighted by molar-refractivity contribution is 5.83. The average molecular weight is 517 g/mol. The second-order valence-electron chi connectivity index (χ2n) is 9.47. The number of hydrogen-bond acceptors (Lipinski definition) is 10. The molecule has 2 aliphatic heterocycles. The lowest BCUT2D eigenvalue weighted by Gasteiger charge is -2.30. The Morgan fingerprint density at radius 3 is 2.08 bits per heavy atom. The molecule has 2 fully saturated rings. The Labute approximate surface area is 221 Å². The minimum absolute atomic E-state index is 0.0533. The number of hydrazone groups is 1. The number of nitro benzene ring substituents is 1. The number of piperidine rings is 2. The van der Waals surface area contributed by atoms with Crippen LogP contribution in [0.5, 0.6) is 5.75 Å². The predicted octanol–water partition coefficient (Wildman–Crippen LogP) is 4.79. The van der Waals surface area contributed by atoms with Crippen LogP contribution in [0, 0.1) is 10.1 Å². The molecule has 3 aromatic rings. The Bertz CT molecular complexity index is 1220. The van der Waals surface area contributed by atoms with E-state index in [-0.39, 0.29) is 12.3 Å². The van der Waals surface area contributed by atoms with Crippen molar-refractivity contribution in [3.63, 3.8) is 0 Å². The first-order chi connectivity index (χ1) is 18.7. The van der Waals surface area contributed by atoms with Crippen LogP contribution in [0.15, 0.2) is 53.6 Å². The molecule has 2 aromatic carbocycles. The Balaban J connectivity index is 1.29. The maximum absolute atomic E-state index is 10.9. The van der Waals surface area contributed by atoms with Crippen LogP contribution in [0.2, 0.25) is 0 Å². The monoisotopic (exact) mass is 516 g/mol. The fraction of sp³-hybridized carbons (Fsp3) is 0.407. The van der Waals surface area contributed by atoms with Gasteiger partial charge in [-0.25, -0.2) is 5.43 Å². The van der Waals surface area contributed by atoms with Gasteiger partial charge in [0.1, 0.15) is 12.4 Å². The Morgan fingerprint density at radius 2 is 1.47 bits per heavy atom. The van der Waals surface area contributed by atoms with Crippen LogP contribution in [-0.2, 0) is 6.61 Å². The van der Waals surface area contributed by atoms with Crippen LogP contribution in [0.1, 0.15) is 49.7 Å². The van der Waals surface area contributed by atoms with Gasteiger partial charge in [-0.15, -0.1) is 0 Å². The first-order valence-electron chi connectivity index (χ1n) is 13.2. The van der Waals surface area contributed by atoms with Crippen molar-refractivity contribution in [1.29, 1.82) is 0 Å². The van der Waals surface area contributed by atoms with Gasteiger partial charge in [0, 0.05) is 43.9 Å². The van der Waals surface area contributed by atoms with E-state index in [2.05, 4.69) is 30.3 Å². The van der Waals surface area contributed by atoms with Crippen LogP contribution in [0.4, 0.5) is 23.5 Å². The fourth-order valence-electron chi connectivity index (χ4n) is 4.63. The van der Waals surface area contributed by atoms with E-state index in [1.807, 2.05) is 24.3 Å². The van der Waals surface area contributed by atoms with E-state index in [9.17, 15) is 10.1 Å². The molecule has 1 N–H and O–H groups in total. The van der Waals surface area contributed by atoms with Gasteiger partial charge < -0.3 is 14.5 Å². The van der Waals surface area contributed by atoms with Crippen LogP contribution >= 0.6 is 0 Å². The summed E-state index contributed by atoms with van der Waals surface area (Å²) in [6.45, 7) is 4.08. The summed E-state index contributed by atoms with van der Waals surface area (Å²) in [5.74, 6) is 2.46. The van der Waals surface area contributed by atoms with Crippen LogP contribution in [-0.4, -0.2) is 52.3 Å². The quantitative estimate of drug-likeness (QED) is 0.243. The van der Waals surface area contributed by atoms with Gasteiger partial charge in [-0.2, -0.15) is 20.1 Å². The zero-order valence-corrected chi connectivity index (χ0v) is 21.3. The van der Waals surface area contributed by atoms with Crippen molar-refractivity contribution in [2.45, 2.75) is 45.1 Å².